The number of hydrogen-bond acceptors (Lipinski definition) is 6. The minimum absolute atomic E-state index is 0.00655. The number of anilines is 1. The molecule has 8 heteroatoms. The van der Waals surface area contributed by atoms with Crippen molar-refractivity contribution >= 4 is 55.7 Å². The quantitative estimate of drug-likeness (QED) is 0.219. The van der Waals surface area contributed by atoms with E-state index >= 15 is 0 Å². The van der Waals surface area contributed by atoms with Crippen LogP contribution in [0.2, 0.25) is 5.02 Å². The molecular formula is C26H19ClN2O4S. The van der Waals surface area contributed by atoms with Crippen LogP contribution < -0.4 is 9.64 Å². The van der Waals surface area contributed by atoms with Gasteiger partial charge in [0.15, 0.2) is 5.13 Å². The van der Waals surface area contributed by atoms with Crippen LogP contribution in [0.25, 0.3) is 16.0 Å². The van der Waals surface area contributed by atoms with Gasteiger partial charge < -0.3 is 9.84 Å². The number of Topliss-reactive ketones (excluding diaryl/α,β-unsaturated/α-hetero) is 1. The molecule has 6 nitrogen and oxygen atoms in total. The van der Waals surface area contributed by atoms with Crippen molar-refractivity contribution in [2.45, 2.75) is 13.0 Å². The van der Waals surface area contributed by atoms with Gasteiger partial charge >= 0.3 is 5.91 Å². The number of aliphatic hydroxyl groups is 1. The number of amides is 1. The number of hydrogen-bond donors (Lipinski definition) is 1. The lowest BCUT2D eigenvalue weighted by atomic mass is 9.95. The number of ether oxygens (including phenoxy) is 1. The van der Waals surface area contributed by atoms with Crippen molar-refractivity contribution in [3.05, 3.63) is 94.0 Å². The third-order valence-corrected chi connectivity index (χ3v) is 7.00. The number of carbonyl (C=O) groups excluding carboxylic acids is 2. The van der Waals surface area contributed by atoms with E-state index in [9.17, 15) is 14.7 Å². The molecule has 1 N–H and O–H groups in total. The molecule has 0 radical (unpaired) electrons. The molecule has 3 aromatic carbocycles. The highest BCUT2D eigenvalue weighted by atomic mass is 35.5. The van der Waals surface area contributed by atoms with Gasteiger partial charge in [-0.05, 0) is 66.6 Å². The number of methoxy groups -OCH3 is 1. The fourth-order valence-corrected chi connectivity index (χ4v) is 5.23. The molecule has 1 amide bonds. The number of rotatable bonds is 4. The van der Waals surface area contributed by atoms with E-state index < -0.39 is 17.7 Å². The van der Waals surface area contributed by atoms with Gasteiger partial charge in [0.25, 0.3) is 5.78 Å². The number of carbonyl (C=O) groups is 2. The smallest absolute Gasteiger partial charge is 0.301 e. The Kier molecular flexibility index (Phi) is 5.59. The SMILES string of the molecule is COc1ccc(C2C(=C(O)c3ccc(Cl)cc3)C(=O)C(=O)N2c2nc3ccc(C)cc3s2)cc1. The first-order valence-electron chi connectivity index (χ1n) is 10.5. The van der Waals surface area contributed by atoms with Crippen molar-refractivity contribution in [1.29, 1.82) is 0 Å². The van der Waals surface area contributed by atoms with E-state index in [4.69, 9.17) is 16.3 Å². The van der Waals surface area contributed by atoms with Crippen LogP contribution in [0.1, 0.15) is 22.7 Å². The molecule has 1 fully saturated rings. The van der Waals surface area contributed by atoms with Crippen molar-refractivity contribution in [2.24, 2.45) is 0 Å². The molecule has 170 valence electrons. The van der Waals surface area contributed by atoms with E-state index in [0.29, 0.717) is 27.0 Å². The van der Waals surface area contributed by atoms with E-state index in [1.807, 2.05) is 25.1 Å². The number of fused-ring (bicyclic) bond motifs is 1. The highest BCUT2D eigenvalue weighted by Crippen LogP contribution is 2.44. The first kappa shape index (κ1) is 22.1. The molecular weight excluding hydrogens is 472 g/mol. The van der Waals surface area contributed by atoms with Gasteiger partial charge in [-0.3, -0.25) is 14.5 Å². The Labute approximate surface area is 204 Å². The summed E-state index contributed by atoms with van der Waals surface area (Å²) in [5.41, 5.74) is 2.83. The number of halogens is 1. The molecule has 0 spiro atoms. The van der Waals surface area contributed by atoms with Gasteiger partial charge in [0.2, 0.25) is 0 Å². The van der Waals surface area contributed by atoms with Gasteiger partial charge in [-0.25, -0.2) is 4.98 Å². The largest absolute Gasteiger partial charge is 0.507 e. The van der Waals surface area contributed by atoms with Crippen LogP contribution in [0.4, 0.5) is 5.13 Å². The third kappa shape index (κ3) is 3.73. The molecule has 1 aliphatic rings. The molecule has 4 aromatic rings. The zero-order valence-electron chi connectivity index (χ0n) is 18.3. The molecule has 1 saturated heterocycles. The van der Waals surface area contributed by atoms with Crippen molar-refractivity contribution < 1.29 is 19.4 Å². The van der Waals surface area contributed by atoms with E-state index in [1.54, 1.807) is 55.6 Å². The maximum Gasteiger partial charge on any atom is 0.301 e. The Morgan fingerprint density at radius 3 is 2.44 bits per heavy atom. The number of ketones is 1. The van der Waals surface area contributed by atoms with E-state index in [1.165, 1.54) is 16.2 Å². The maximum atomic E-state index is 13.3. The molecule has 0 aliphatic carbocycles. The second-order valence-electron chi connectivity index (χ2n) is 7.92. The second kappa shape index (κ2) is 8.59. The zero-order chi connectivity index (χ0) is 24.0. The molecule has 0 bridgehead atoms. The van der Waals surface area contributed by atoms with Crippen LogP contribution in [-0.2, 0) is 9.59 Å². The van der Waals surface area contributed by atoms with Crippen LogP contribution in [0.15, 0.2) is 72.3 Å². The van der Waals surface area contributed by atoms with Gasteiger partial charge in [0.05, 0.1) is 28.9 Å². The molecule has 1 atom stereocenters. The molecule has 2 heterocycles. The average Bonchev–Trinajstić information content (AvgIpc) is 3.37. The summed E-state index contributed by atoms with van der Waals surface area (Å²) >= 11 is 7.32. The number of thiazole rings is 1. The molecule has 1 aliphatic heterocycles. The van der Waals surface area contributed by atoms with E-state index in [0.717, 1.165) is 15.8 Å². The number of nitrogens with zero attached hydrogens (tertiary/aromatic N) is 2. The molecule has 1 aromatic heterocycles. The Hall–Kier alpha value is -3.68. The Bertz CT molecular complexity index is 1460. The van der Waals surface area contributed by atoms with Gasteiger partial charge in [-0.2, -0.15) is 0 Å². The minimum Gasteiger partial charge on any atom is -0.507 e. The van der Waals surface area contributed by atoms with E-state index in [-0.39, 0.29) is 11.3 Å². The zero-order valence-corrected chi connectivity index (χ0v) is 19.9. The first-order chi connectivity index (χ1) is 16.4. The van der Waals surface area contributed by atoms with Crippen molar-refractivity contribution in [2.75, 3.05) is 12.0 Å². The number of aliphatic hydroxyl groups excluding tert-OH is 1. The Morgan fingerprint density at radius 1 is 1.06 bits per heavy atom. The van der Waals surface area contributed by atoms with Crippen molar-refractivity contribution in [3.63, 3.8) is 0 Å². The molecule has 0 saturated carbocycles. The predicted octanol–water partition coefficient (Wildman–Crippen LogP) is 5.89. The van der Waals surface area contributed by atoms with Crippen molar-refractivity contribution in [3.8, 4) is 5.75 Å². The normalized spacial score (nSPS) is 17.5. The summed E-state index contributed by atoms with van der Waals surface area (Å²) < 4.78 is 6.17. The first-order valence-corrected chi connectivity index (χ1v) is 11.6. The summed E-state index contributed by atoms with van der Waals surface area (Å²) in [6, 6.07) is 18.5. The fourth-order valence-electron chi connectivity index (χ4n) is 4.02. The topological polar surface area (TPSA) is 79.7 Å². The van der Waals surface area contributed by atoms with Gasteiger partial charge in [0, 0.05) is 10.6 Å². The van der Waals surface area contributed by atoms with E-state index in [2.05, 4.69) is 4.98 Å². The summed E-state index contributed by atoms with van der Waals surface area (Å²) in [5, 5.41) is 12.0. The lowest BCUT2D eigenvalue weighted by Crippen LogP contribution is -2.29. The summed E-state index contributed by atoms with van der Waals surface area (Å²) in [7, 11) is 1.56. The highest BCUT2D eigenvalue weighted by molar-refractivity contribution is 7.22. The minimum atomic E-state index is -0.858. The number of benzene rings is 3. The molecule has 34 heavy (non-hydrogen) atoms. The molecule has 5 rings (SSSR count). The Balaban J connectivity index is 1.72. The summed E-state index contributed by atoms with van der Waals surface area (Å²) in [5.74, 6) is -1.15. The van der Waals surface area contributed by atoms with Crippen LogP contribution in [0.5, 0.6) is 5.75 Å². The lowest BCUT2D eigenvalue weighted by molar-refractivity contribution is -0.132. The fraction of sp³-hybridized carbons (Fsp3) is 0.115. The maximum absolute atomic E-state index is 13.3. The average molecular weight is 491 g/mol. The summed E-state index contributed by atoms with van der Waals surface area (Å²) in [6.45, 7) is 1.98. The lowest BCUT2D eigenvalue weighted by Gasteiger charge is -2.23. The third-order valence-electron chi connectivity index (χ3n) is 5.73. The van der Waals surface area contributed by atoms with Crippen LogP contribution >= 0.6 is 22.9 Å². The summed E-state index contributed by atoms with van der Waals surface area (Å²) in [4.78, 5) is 32.6. The highest BCUT2D eigenvalue weighted by Gasteiger charge is 2.48. The number of aromatic nitrogens is 1. The summed E-state index contributed by atoms with van der Waals surface area (Å²) in [6.07, 6.45) is 0. The predicted molar refractivity (Wildman–Crippen MR) is 134 cm³/mol. The van der Waals surface area contributed by atoms with Gasteiger partial charge in [-0.1, -0.05) is 41.1 Å². The second-order valence-corrected chi connectivity index (χ2v) is 9.36. The Morgan fingerprint density at radius 2 is 1.76 bits per heavy atom. The van der Waals surface area contributed by atoms with Crippen LogP contribution in [-0.4, -0.2) is 28.9 Å². The monoisotopic (exact) mass is 490 g/mol. The van der Waals surface area contributed by atoms with Crippen LogP contribution in [0, 0.1) is 6.92 Å². The van der Waals surface area contributed by atoms with Gasteiger partial charge in [0.1, 0.15) is 11.5 Å². The van der Waals surface area contributed by atoms with Crippen molar-refractivity contribution in [1.82, 2.24) is 4.98 Å². The molecule has 1 unspecified atom stereocenters. The standard InChI is InChI=1S/C26H19ClN2O4S/c1-14-3-12-19-20(13-14)34-26(28-19)29-22(15-6-10-18(33-2)11-7-15)21(24(31)25(29)32)23(30)16-4-8-17(27)9-5-16/h3-13,22,30H,1-2H3. The van der Waals surface area contributed by atoms with Gasteiger partial charge in [-0.15, -0.1) is 0 Å². The number of aryl methyl sites for hydroxylation is 1. The van der Waals surface area contributed by atoms with Crippen LogP contribution in [0.3, 0.4) is 0 Å².